The number of benzene rings is 2. The first-order valence-electron chi connectivity index (χ1n) is 10.3. The third kappa shape index (κ3) is 4.14. The number of ether oxygens (including phenoxy) is 2. The standard InChI is InChI=1S/C24H23FN4O3/c1-31-21-6-4-18(12-22(21)32-2)28-24(30)15-7-9-29(10-8-15)23-16(13-26)14-27-20-5-3-17(25)11-19(20)23/h3-6,11-12,14-15H,7-10H2,1-2H3,(H,28,30). The topological polar surface area (TPSA) is 87.5 Å². The fourth-order valence-electron chi connectivity index (χ4n) is 4.10. The molecule has 1 aromatic heterocycles. The molecule has 7 nitrogen and oxygen atoms in total. The molecule has 0 aliphatic carbocycles. The number of nitriles is 1. The molecular formula is C24H23FN4O3. The van der Waals surface area contributed by atoms with Crippen molar-refractivity contribution in [2.45, 2.75) is 12.8 Å². The van der Waals surface area contributed by atoms with Crippen LogP contribution < -0.4 is 19.7 Å². The maximum Gasteiger partial charge on any atom is 0.227 e. The second-order valence-electron chi connectivity index (χ2n) is 7.61. The van der Waals surface area contributed by atoms with Crippen LogP contribution in [0.1, 0.15) is 18.4 Å². The number of hydrogen-bond acceptors (Lipinski definition) is 6. The second-order valence-corrected chi connectivity index (χ2v) is 7.61. The van der Waals surface area contributed by atoms with Gasteiger partial charge in [0.2, 0.25) is 5.91 Å². The number of fused-ring (bicyclic) bond motifs is 1. The van der Waals surface area contributed by atoms with Gasteiger partial charge in [-0.2, -0.15) is 5.26 Å². The van der Waals surface area contributed by atoms with E-state index in [4.69, 9.17) is 9.47 Å². The highest BCUT2D eigenvalue weighted by atomic mass is 19.1. The van der Waals surface area contributed by atoms with E-state index in [0.29, 0.717) is 65.3 Å². The van der Waals surface area contributed by atoms with E-state index in [1.165, 1.54) is 18.3 Å². The van der Waals surface area contributed by atoms with Gasteiger partial charge in [-0.05, 0) is 43.2 Å². The monoisotopic (exact) mass is 434 g/mol. The molecule has 4 rings (SSSR count). The molecule has 1 amide bonds. The van der Waals surface area contributed by atoms with Crippen molar-refractivity contribution >= 4 is 28.2 Å². The Hall–Kier alpha value is -3.86. The van der Waals surface area contributed by atoms with Gasteiger partial charge in [0.15, 0.2) is 11.5 Å². The maximum atomic E-state index is 13.9. The summed E-state index contributed by atoms with van der Waals surface area (Å²) in [5.41, 5.74) is 2.35. The summed E-state index contributed by atoms with van der Waals surface area (Å²) >= 11 is 0. The van der Waals surface area contributed by atoms with Crippen LogP contribution in [0.15, 0.2) is 42.6 Å². The molecule has 1 aliphatic heterocycles. The van der Waals surface area contributed by atoms with E-state index in [0.717, 1.165) is 0 Å². The van der Waals surface area contributed by atoms with E-state index < -0.39 is 0 Å². The molecular weight excluding hydrogens is 411 g/mol. The minimum atomic E-state index is -0.375. The van der Waals surface area contributed by atoms with Gasteiger partial charge in [0.1, 0.15) is 11.9 Å². The number of hydrogen-bond donors (Lipinski definition) is 1. The molecule has 0 atom stereocenters. The van der Waals surface area contributed by atoms with Crippen LogP contribution in [-0.2, 0) is 4.79 Å². The number of piperidine rings is 1. The molecule has 1 N–H and O–H groups in total. The smallest absolute Gasteiger partial charge is 0.227 e. The predicted octanol–water partition coefficient (Wildman–Crippen LogP) is 4.12. The lowest BCUT2D eigenvalue weighted by Crippen LogP contribution is -2.38. The molecule has 0 unspecified atom stereocenters. The molecule has 1 saturated heterocycles. The molecule has 0 spiro atoms. The van der Waals surface area contributed by atoms with Crippen molar-refractivity contribution < 1.29 is 18.7 Å². The number of carbonyl (C=O) groups excluding carboxylic acids is 1. The third-order valence-corrected chi connectivity index (χ3v) is 5.76. The van der Waals surface area contributed by atoms with Crippen molar-refractivity contribution in [1.82, 2.24) is 4.98 Å². The Balaban J connectivity index is 1.49. The molecule has 2 heterocycles. The number of methoxy groups -OCH3 is 2. The quantitative estimate of drug-likeness (QED) is 0.650. The number of nitrogens with one attached hydrogen (secondary N) is 1. The second kappa shape index (κ2) is 9.10. The molecule has 32 heavy (non-hydrogen) atoms. The Morgan fingerprint density at radius 1 is 1.16 bits per heavy atom. The van der Waals surface area contributed by atoms with Gasteiger partial charge in [-0.3, -0.25) is 9.78 Å². The van der Waals surface area contributed by atoms with Crippen LogP contribution >= 0.6 is 0 Å². The number of anilines is 2. The van der Waals surface area contributed by atoms with Gasteiger partial charge in [-0.1, -0.05) is 0 Å². The van der Waals surface area contributed by atoms with Crippen molar-refractivity contribution in [3.8, 4) is 17.6 Å². The summed E-state index contributed by atoms with van der Waals surface area (Å²) in [5.74, 6) is 0.520. The van der Waals surface area contributed by atoms with Gasteiger partial charge in [0.05, 0.1) is 31.0 Å². The van der Waals surface area contributed by atoms with Gasteiger partial charge in [0.25, 0.3) is 0 Å². The molecule has 0 bridgehead atoms. The molecule has 8 heteroatoms. The highest BCUT2D eigenvalue weighted by Gasteiger charge is 2.27. The van der Waals surface area contributed by atoms with E-state index >= 15 is 0 Å². The van der Waals surface area contributed by atoms with Gasteiger partial charge >= 0.3 is 0 Å². The highest BCUT2D eigenvalue weighted by molar-refractivity contribution is 5.95. The fraction of sp³-hybridized carbons (Fsp3) is 0.292. The first-order chi connectivity index (χ1) is 15.5. The van der Waals surface area contributed by atoms with E-state index in [-0.39, 0.29) is 17.6 Å². The van der Waals surface area contributed by atoms with Crippen LogP contribution in [0.4, 0.5) is 15.8 Å². The van der Waals surface area contributed by atoms with Crippen LogP contribution in [0.3, 0.4) is 0 Å². The Bertz CT molecular complexity index is 1200. The number of rotatable bonds is 5. The van der Waals surface area contributed by atoms with Gasteiger partial charge in [0, 0.05) is 42.3 Å². The summed E-state index contributed by atoms with van der Waals surface area (Å²) in [5, 5.41) is 13.1. The number of pyridine rings is 1. The van der Waals surface area contributed by atoms with Crippen LogP contribution in [0.25, 0.3) is 10.9 Å². The number of nitrogens with zero attached hydrogens (tertiary/aromatic N) is 3. The van der Waals surface area contributed by atoms with Gasteiger partial charge in [-0.15, -0.1) is 0 Å². The summed E-state index contributed by atoms with van der Waals surface area (Å²) in [6, 6.07) is 11.8. The van der Waals surface area contributed by atoms with Gasteiger partial charge < -0.3 is 19.7 Å². The zero-order chi connectivity index (χ0) is 22.7. The fourth-order valence-corrected chi connectivity index (χ4v) is 4.10. The zero-order valence-electron chi connectivity index (χ0n) is 17.9. The Morgan fingerprint density at radius 3 is 2.59 bits per heavy atom. The molecule has 3 aromatic rings. The van der Waals surface area contributed by atoms with Crippen LogP contribution in [-0.4, -0.2) is 38.2 Å². The normalized spacial score (nSPS) is 14.1. The Labute approximate surface area is 185 Å². The molecule has 0 radical (unpaired) electrons. The SMILES string of the molecule is COc1ccc(NC(=O)C2CCN(c3c(C#N)cnc4ccc(F)cc34)CC2)cc1OC. The largest absolute Gasteiger partial charge is 0.493 e. The molecule has 164 valence electrons. The molecule has 2 aromatic carbocycles. The Morgan fingerprint density at radius 2 is 1.91 bits per heavy atom. The highest BCUT2D eigenvalue weighted by Crippen LogP contribution is 2.34. The minimum Gasteiger partial charge on any atom is -0.493 e. The molecule has 1 aliphatic rings. The van der Waals surface area contributed by atoms with E-state index in [2.05, 4.69) is 16.4 Å². The molecule has 0 saturated carbocycles. The van der Waals surface area contributed by atoms with Crippen LogP contribution in [0.2, 0.25) is 0 Å². The number of aromatic nitrogens is 1. The zero-order valence-corrected chi connectivity index (χ0v) is 17.9. The van der Waals surface area contributed by atoms with E-state index in [1.54, 1.807) is 38.5 Å². The van der Waals surface area contributed by atoms with Gasteiger partial charge in [-0.25, -0.2) is 4.39 Å². The van der Waals surface area contributed by atoms with Crippen molar-refractivity contribution in [2.24, 2.45) is 5.92 Å². The lowest BCUT2D eigenvalue weighted by molar-refractivity contribution is -0.120. The van der Waals surface area contributed by atoms with E-state index in [9.17, 15) is 14.4 Å². The van der Waals surface area contributed by atoms with Crippen LogP contribution in [0, 0.1) is 23.1 Å². The maximum absolute atomic E-state index is 13.9. The van der Waals surface area contributed by atoms with Crippen molar-refractivity contribution in [1.29, 1.82) is 5.26 Å². The lowest BCUT2D eigenvalue weighted by atomic mass is 9.94. The van der Waals surface area contributed by atoms with Crippen LogP contribution in [0.5, 0.6) is 11.5 Å². The summed E-state index contributed by atoms with van der Waals surface area (Å²) in [7, 11) is 3.10. The summed E-state index contributed by atoms with van der Waals surface area (Å²) < 4.78 is 24.4. The van der Waals surface area contributed by atoms with Crippen molar-refractivity contribution in [3.05, 3.63) is 54.0 Å². The summed E-state index contributed by atoms with van der Waals surface area (Å²) in [4.78, 5) is 19.1. The predicted molar refractivity (Wildman–Crippen MR) is 120 cm³/mol. The van der Waals surface area contributed by atoms with E-state index in [1.807, 2.05) is 4.90 Å². The number of amides is 1. The summed E-state index contributed by atoms with van der Waals surface area (Å²) in [6.45, 7) is 1.16. The third-order valence-electron chi connectivity index (χ3n) is 5.76. The number of carbonyl (C=O) groups is 1. The average Bonchev–Trinajstić information content (AvgIpc) is 2.83. The average molecular weight is 434 g/mol. The first-order valence-corrected chi connectivity index (χ1v) is 10.3. The first kappa shape index (κ1) is 21.4. The number of halogens is 1. The summed E-state index contributed by atoms with van der Waals surface area (Å²) in [6.07, 6.45) is 2.75. The minimum absolute atomic E-state index is 0.0667. The Kier molecular flexibility index (Phi) is 6.08. The lowest BCUT2D eigenvalue weighted by Gasteiger charge is -2.34. The van der Waals surface area contributed by atoms with Crippen molar-refractivity contribution in [3.63, 3.8) is 0 Å². The molecule has 1 fully saturated rings. The van der Waals surface area contributed by atoms with Crippen molar-refractivity contribution in [2.75, 3.05) is 37.5 Å².